The number of amides is 3. The summed E-state index contributed by atoms with van der Waals surface area (Å²) in [5, 5.41) is 5.21. The zero-order valence-corrected chi connectivity index (χ0v) is 18.3. The second-order valence-electron chi connectivity index (χ2n) is 7.24. The number of piperazine rings is 1. The smallest absolute Gasteiger partial charge is 0.328 e. The lowest BCUT2D eigenvalue weighted by Crippen LogP contribution is -2.64. The van der Waals surface area contributed by atoms with Crippen molar-refractivity contribution >= 4 is 27.9 Å². The number of rotatable bonds is 6. The van der Waals surface area contributed by atoms with E-state index in [-0.39, 0.29) is 30.6 Å². The maximum Gasteiger partial charge on any atom is 0.328 e. The molecule has 0 radical (unpaired) electrons. The second-order valence-corrected chi connectivity index (χ2v) is 9.18. The monoisotopic (exact) mass is 440 g/mol. The predicted octanol–water partition coefficient (Wildman–Crippen LogP) is 0.157. The number of ether oxygens (including phenoxy) is 1. The molecule has 2 N–H and O–H groups in total. The number of hydrogen-bond acceptors (Lipinski definition) is 6. The van der Waals surface area contributed by atoms with Crippen LogP contribution in [0.5, 0.6) is 0 Å². The van der Waals surface area contributed by atoms with Gasteiger partial charge in [-0.25, -0.2) is 18.0 Å². The number of urea groups is 1. The van der Waals surface area contributed by atoms with Crippen LogP contribution in [0.15, 0.2) is 35.2 Å². The Bertz CT molecular complexity index is 874. The van der Waals surface area contributed by atoms with Crippen molar-refractivity contribution in [2.24, 2.45) is 0 Å². The summed E-state index contributed by atoms with van der Waals surface area (Å²) < 4.78 is 31.8. The number of hydrogen-bond donors (Lipinski definition) is 2. The zero-order valence-electron chi connectivity index (χ0n) is 17.5. The van der Waals surface area contributed by atoms with Crippen molar-refractivity contribution in [2.75, 3.05) is 26.7 Å². The van der Waals surface area contributed by atoms with E-state index in [1.54, 1.807) is 32.0 Å². The average molecular weight is 441 g/mol. The molecule has 0 bridgehead atoms. The number of nitrogens with one attached hydrogen (secondary N) is 2. The molecule has 1 aromatic carbocycles. The Labute approximate surface area is 176 Å². The number of carbonyl (C=O) groups is 3. The molecule has 2 rings (SSSR count). The SMILES string of the molecule is COC(=O)C(C)NC(=O)C1CN(S(=O)(=O)c2ccccc2)CCN1C(=O)NC(C)C. The molecule has 0 saturated carbocycles. The fraction of sp³-hybridized carbons (Fsp3) is 0.526. The van der Waals surface area contributed by atoms with Gasteiger partial charge in [-0.2, -0.15) is 4.31 Å². The minimum atomic E-state index is -3.85. The molecule has 1 aliphatic rings. The largest absolute Gasteiger partial charge is 0.467 e. The van der Waals surface area contributed by atoms with Crippen LogP contribution in [0.2, 0.25) is 0 Å². The lowest BCUT2D eigenvalue weighted by molar-refractivity contribution is -0.145. The molecule has 11 heteroatoms. The molecule has 30 heavy (non-hydrogen) atoms. The van der Waals surface area contributed by atoms with Gasteiger partial charge in [-0.15, -0.1) is 0 Å². The molecular weight excluding hydrogens is 412 g/mol. The molecular formula is C19H28N4O6S. The molecule has 2 unspecified atom stereocenters. The summed E-state index contributed by atoms with van der Waals surface area (Å²) in [5.74, 6) is -1.29. The number of carbonyl (C=O) groups excluding carboxylic acids is 3. The van der Waals surface area contributed by atoms with Crippen LogP contribution < -0.4 is 10.6 Å². The number of nitrogens with zero attached hydrogens (tertiary/aromatic N) is 2. The first kappa shape index (κ1) is 23.6. The highest BCUT2D eigenvalue weighted by Crippen LogP contribution is 2.20. The Hall–Kier alpha value is -2.66. The van der Waals surface area contributed by atoms with Gasteiger partial charge in [0.25, 0.3) is 0 Å². The van der Waals surface area contributed by atoms with E-state index in [0.29, 0.717) is 0 Å². The summed E-state index contributed by atoms with van der Waals surface area (Å²) in [7, 11) is -2.65. The van der Waals surface area contributed by atoms with Crippen molar-refractivity contribution in [1.29, 1.82) is 0 Å². The summed E-state index contributed by atoms with van der Waals surface area (Å²) in [6.45, 7) is 4.84. The third-order valence-electron chi connectivity index (χ3n) is 4.61. The van der Waals surface area contributed by atoms with Gasteiger partial charge >= 0.3 is 12.0 Å². The average Bonchev–Trinajstić information content (AvgIpc) is 2.72. The van der Waals surface area contributed by atoms with E-state index in [4.69, 9.17) is 0 Å². The van der Waals surface area contributed by atoms with Crippen molar-refractivity contribution in [3.63, 3.8) is 0 Å². The summed E-state index contributed by atoms with van der Waals surface area (Å²) in [6.07, 6.45) is 0. The van der Waals surface area contributed by atoms with Gasteiger partial charge in [0.15, 0.2) is 0 Å². The Balaban J connectivity index is 2.28. The van der Waals surface area contributed by atoms with Gasteiger partial charge in [-0.3, -0.25) is 4.79 Å². The molecule has 1 fully saturated rings. The quantitative estimate of drug-likeness (QED) is 0.607. The summed E-state index contributed by atoms with van der Waals surface area (Å²) in [5.41, 5.74) is 0. The molecule has 3 amide bonds. The molecule has 1 saturated heterocycles. The highest BCUT2D eigenvalue weighted by atomic mass is 32.2. The Morgan fingerprint density at radius 3 is 2.27 bits per heavy atom. The van der Waals surface area contributed by atoms with E-state index in [1.165, 1.54) is 35.4 Å². The number of sulfonamides is 1. The van der Waals surface area contributed by atoms with Crippen LogP contribution in [-0.4, -0.2) is 80.4 Å². The van der Waals surface area contributed by atoms with Crippen LogP contribution in [-0.2, 0) is 24.3 Å². The van der Waals surface area contributed by atoms with Crippen LogP contribution in [0, 0.1) is 0 Å². The molecule has 0 aromatic heterocycles. The maximum absolute atomic E-state index is 13.0. The first-order valence-corrected chi connectivity index (χ1v) is 11.0. The normalized spacial score (nSPS) is 18.6. The summed E-state index contributed by atoms with van der Waals surface area (Å²) in [6, 6.07) is 5.18. The van der Waals surface area contributed by atoms with Crippen molar-refractivity contribution < 1.29 is 27.5 Å². The lowest BCUT2D eigenvalue weighted by atomic mass is 10.1. The van der Waals surface area contributed by atoms with Crippen LogP contribution in [0.1, 0.15) is 20.8 Å². The standard InChI is InChI=1S/C19H28N4O6S/c1-13(2)20-19(26)23-11-10-22(30(27,28)15-8-6-5-7-9-15)12-16(23)17(24)21-14(3)18(25)29-4/h5-9,13-14,16H,10-12H2,1-4H3,(H,20,26)(H,21,24). The first-order chi connectivity index (χ1) is 14.1. The fourth-order valence-electron chi connectivity index (χ4n) is 3.06. The first-order valence-electron chi connectivity index (χ1n) is 9.58. The zero-order chi connectivity index (χ0) is 22.5. The summed E-state index contributed by atoms with van der Waals surface area (Å²) >= 11 is 0. The second kappa shape index (κ2) is 9.90. The van der Waals surface area contributed by atoms with Gasteiger partial charge in [0.1, 0.15) is 12.1 Å². The predicted molar refractivity (Wildman–Crippen MR) is 109 cm³/mol. The van der Waals surface area contributed by atoms with Gasteiger partial charge < -0.3 is 20.3 Å². The van der Waals surface area contributed by atoms with Gasteiger partial charge in [0, 0.05) is 25.7 Å². The van der Waals surface area contributed by atoms with Crippen molar-refractivity contribution in [2.45, 2.75) is 43.8 Å². The Morgan fingerprint density at radius 1 is 1.07 bits per heavy atom. The van der Waals surface area contributed by atoms with E-state index < -0.39 is 40.0 Å². The summed E-state index contributed by atoms with van der Waals surface area (Å²) in [4.78, 5) is 38.5. The van der Waals surface area contributed by atoms with Crippen LogP contribution in [0.4, 0.5) is 4.79 Å². The molecule has 166 valence electrons. The van der Waals surface area contributed by atoms with Crippen LogP contribution in [0.3, 0.4) is 0 Å². The molecule has 1 aromatic rings. The van der Waals surface area contributed by atoms with E-state index in [0.717, 1.165) is 0 Å². The van der Waals surface area contributed by atoms with Gasteiger partial charge in [0.05, 0.1) is 12.0 Å². The fourth-order valence-corrected chi connectivity index (χ4v) is 4.52. The molecule has 0 spiro atoms. The minimum Gasteiger partial charge on any atom is -0.467 e. The van der Waals surface area contributed by atoms with Gasteiger partial charge in [-0.1, -0.05) is 18.2 Å². The highest BCUT2D eigenvalue weighted by molar-refractivity contribution is 7.89. The van der Waals surface area contributed by atoms with E-state index in [2.05, 4.69) is 15.4 Å². The lowest BCUT2D eigenvalue weighted by Gasteiger charge is -2.40. The number of methoxy groups -OCH3 is 1. The molecule has 1 heterocycles. The highest BCUT2D eigenvalue weighted by Gasteiger charge is 2.40. The van der Waals surface area contributed by atoms with Crippen LogP contribution in [0.25, 0.3) is 0 Å². The van der Waals surface area contributed by atoms with E-state index in [9.17, 15) is 22.8 Å². The molecule has 2 atom stereocenters. The number of esters is 1. The molecule has 1 aliphatic heterocycles. The Morgan fingerprint density at radius 2 is 1.70 bits per heavy atom. The number of benzene rings is 1. The van der Waals surface area contributed by atoms with Crippen molar-refractivity contribution in [3.8, 4) is 0 Å². The third kappa shape index (κ3) is 5.48. The Kier molecular flexibility index (Phi) is 7.79. The maximum atomic E-state index is 13.0. The third-order valence-corrected chi connectivity index (χ3v) is 6.49. The van der Waals surface area contributed by atoms with E-state index in [1.807, 2.05) is 0 Å². The minimum absolute atomic E-state index is 0.0231. The van der Waals surface area contributed by atoms with Gasteiger partial charge in [-0.05, 0) is 32.9 Å². The molecule has 0 aliphatic carbocycles. The van der Waals surface area contributed by atoms with Crippen molar-refractivity contribution in [3.05, 3.63) is 30.3 Å². The van der Waals surface area contributed by atoms with Crippen LogP contribution >= 0.6 is 0 Å². The topological polar surface area (TPSA) is 125 Å². The van der Waals surface area contributed by atoms with E-state index >= 15 is 0 Å². The molecule has 10 nitrogen and oxygen atoms in total. The van der Waals surface area contributed by atoms with Crippen molar-refractivity contribution in [1.82, 2.24) is 19.8 Å². The van der Waals surface area contributed by atoms with Gasteiger partial charge in [0.2, 0.25) is 15.9 Å².